The van der Waals surface area contributed by atoms with Crippen LogP contribution in [0.15, 0.2) is 0 Å². The molecule has 1 rings (SSSR count). The number of hydrogen-bond acceptors (Lipinski definition) is 8. The monoisotopic (exact) mass is 335 g/mol. The van der Waals surface area contributed by atoms with E-state index in [4.69, 9.17) is 14.3 Å². The van der Waals surface area contributed by atoms with Crippen LogP contribution in [0.4, 0.5) is 0 Å². The van der Waals surface area contributed by atoms with Gasteiger partial charge in [-0.3, -0.25) is 9.59 Å². The first-order chi connectivity index (χ1) is 10.8. The molecule has 0 saturated carbocycles. The molecule has 23 heavy (non-hydrogen) atoms. The summed E-state index contributed by atoms with van der Waals surface area (Å²) in [5.41, 5.74) is 0. The molecule has 0 aromatic heterocycles. The molecule has 2 amide bonds. The zero-order chi connectivity index (χ0) is 17.6. The van der Waals surface area contributed by atoms with E-state index in [1.165, 1.54) is 0 Å². The lowest BCUT2D eigenvalue weighted by atomic mass is 9.96. The fourth-order valence-corrected chi connectivity index (χ4v) is 2.27. The first-order valence-corrected chi connectivity index (χ1v) is 7.61. The zero-order valence-corrected chi connectivity index (χ0v) is 13.5. The summed E-state index contributed by atoms with van der Waals surface area (Å²) in [5, 5.41) is 30.4. The number of hydrogen-bond donors (Lipinski definition) is 3. The van der Waals surface area contributed by atoms with E-state index >= 15 is 0 Å². The molecule has 5 atom stereocenters. The van der Waals surface area contributed by atoms with Gasteiger partial charge in [0.1, 0.15) is 18.3 Å². The van der Waals surface area contributed by atoms with E-state index < -0.39 is 49.3 Å². The number of aliphatic hydroxyl groups is 3. The van der Waals surface area contributed by atoms with Crippen molar-refractivity contribution >= 4 is 11.8 Å². The maximum atomic E-state index is 11.5. The van der Waals surface area contributed by atoms with Crippen molar-refractivity contribution in [2.45, 2.75) is 70.7 Å². The summed E-state index contributed by atoms with van der Waals surface area (Å²) >= 11 is 0. The van der Waals surface area contributed by atoms with E-state index in [0.717, 1.165) is 6.92 Å². The van der Waals surface area contributed by atoms with Gasteiger partial charge in [-0.2, -0.15) is 5.06 Å². The van der Waals surface area contributed by atoms with Crippen LogP contribution in [-0.4, -0.2) is 69.7 Å². The zero-order valence-electron chi connectivity index (χ0n) is 13.5. The van der Waals surface area contributed by atoms with Gasteiger partial charge in [-0.25, -0.2) is 4.84 Å². The van der Waals surface area contributed by atoms with E-state index in [1.54, 1.807) is 6.92 Å². The number of nitrogens with zero attached hydrogens (tertiary/aromatic N) is 1. The van der Waals surface area contributed by atoms with Crippen LogP contribution in [0.2, 0.25) is 0 Å². The summed E-state index contributed by atoms with van der Waals surface area (Å²) < 4.78 is 10.3. The lowest BCUT2D eigenvalue weighted by Gasteiger charge is -2.40. The van der Waals surface area contributed by atoms with Crippen molar-refractivity contribution < 1.29 is 39.2 Å². The molecule has 0 bridgehead atoms. The van der Waals surface area contributed by atoms with Crippen LogP contribution in [0.3, 0.4) is 0 Å². The molecular formula is C14H25NO8. The van der Waals surface area contributed by atoms with Gasteiger partial charge in [0, 0.05) is 13.3 Å². The fraction of sp³-hybridized carbons (Fsp3) is 0.857. The number of ether oxygens (including phenoxy) is 2. The molecule has 0 radical (unpaired) electrons. The Morgan fingerprint density at radius 1 is 1.17 bits per heavy atom. The minimum absolute atomic E-state index is 0.0643. The standard InChI is InChI=1S/C14H25NO8/c1-4-6-9-11(18)12(19)13(14(20)23-9)21-7-22-15(8(3)16)10(17)5-2/h9,11-14,18-20H,4-7H2,1-3H3. The third-order valence-electron chi connectivity index (χ3n) is 3.49. The third-order valence-corrected chi connectivity index (χ3v) is 3.49. The predicted molar refractivity (Wildman–Crippen MR) is 76.4 cm³/mol. The van der Waals surface area contributed by atoms with Gasteiger partial charge in [-0.15, -0.1) is 0 Å². The quantitative estimate of drug-likeness (QED) is 0.411. The van der Waals surface area contributed by atoms with E-state index in [1.807, 2.05) is 6.92 Å². The Balaban J connectivity index is 2.56. The molecule has 3 N–H and O–H groups in total. The summed E-state index contributed by atoms with van der Waals surface area (Å²) in [7, 11) is 0. The molecule has 1 fully saturated rings. The van der Waals surface area contributed by atoms with Gasteiger partial charge in [-0.05, 0) is 6.42 Å². The summed E-state index contributed by atoms with van der Waals surface area (Å²) in [6, 6.07) is 0. The van der Waals surface area contributed by atoms with Crippen LogP contribution in [0, 0.1) is 0 Å². The average molecular weight is 335 g/mol. The average Bonchev–Trinajstić information content (AvgIpc) is 2.50. The van der Waals surface area contributed by atoms with Gasteiger partial charge < -0.3 is 24.8 Å². The normalized spacial score (nSPS) is 31.0. The molecule has 0 spiro atoms. The lowest BCUT2D eigenvalue weighted by molar-refractivity contribution is -0.316. The van der Waals surface area contributed by atoms with Gasteiger partial charge in [0.2, 0.25) is 5.91 Å². The highest BCUT2D eigenvalue weighted by Gasteiger charge is 2.44. The first-order valence-electron chi connectivity index (χ1n) is 7.61. The summed E-state index contributed by atoms with van der Waals surface area (Å²) in [6.07, 6.45) is -4.76. The Hall–Kier alpha value is -1.10. The maximum Gasteiger partial charge on any atom is 0.253 e. The molecule has 134 valence electrons. The Bertz CT molecular complexity index is 404. The molecule has 9 nitrogen and oxygen atoms in total. The van der Waals surface area contributed by atoms with Crippen molar-refractivity contribution in [1.82, 2.24) is 5.06 Å². The number of aliphatic hydroxyl groups excluding tert-OH is 3. The Morgan fingerprint density at radius 2 is 1.83 bits per heavy atom. The number of rotatable bonds is 7. The molecule has 9 heteroatoms. The molecule has 1 aliphatic heterocycles. The van der Waals surface area contributed by atoms with Crippen LogP contribution >= 0.6 is 0 Å². The molecule has 1 heterocycles. The van der Waals surface area contributed by atoms with Crippen LogP contribution in [-0.2, 0) is 23.9 Å². The van der Waals surface area contributed by atoms with Gasteiger partial charge in [0.05, 0.1) is 6.10 Å². The van der Waals surface area contributed by atoms with Crippen LogP contribution in [0.5, 0.6) is 0 Å². The summed E-state index contributed by atoms with van der Waals surface area (Å²) in [6.45, 7) is 4.03. The van der Waals surface area contributed by atoms with Crippen LogP contribution in [0.25, 0.3) is 0 Å². The van der Waals surface area contributed by atoms with E-state index in [9.17, 15) is 24.9 Å². The Morgan fingerprint density at radius 3 is 2.35 bits per heavy atom. The Labute approximate surface area is 134 Å². The number of amides is 2. The van der Waals surface area contributed by atoms with Crippen molar-refractivity contribution in [2.75, 3.05) is 6.79 Å². The van der Waals surface area contributed by atoms with Gasteiger partial charge in [0.25, 0.3) is 5.91 Å². The van der Waals surface area contributed by atoms with Crippen molar-refractivity contribution in [1.29, 1.82) is 0 Å². The largest absolute Gasteiger partial charge is 0.388 e. The second kappa shape index (κ2) is 9.26. The third kappa shape index (κ3) is 5.20. The van der Waals surface area contributed by atoms with Crippen molar-refractivity contribution in [2.24, 2.45) is 0 Å². The topological polar surface area (TPSA) is 126 Å². The number of hydroxylamine groups is 2. The smallest absolute Gasteiger partial charge is 0.253 e. The molecular weight excluding hydrogens is 310 g/mol. The highest BCUT2D eigenvalue weighted by Crippen LogP contribution is 2.25. The predicted octanol–water partition coefficient (Wildman–Crippen LogP) is -0.715. The molecule has 1 aliphatic rings. The maximum absolute atomic E-state index is 11.5. The molecule has 5 unspecified atom stereocenters. The number of carbonyl (C=O) groups is 2. The number of carbonyl (C=O) groups excluding carboxylic acids is 2. The minimum Gasteiger partial charge on any atom is -0.388 e. The summed E-state index contributed by atoms with van der Waals surface area (Å²) in [4.78, 5) is 27.7. The highest BCUT2D eigenvalue weighted by molar-refractivity contribution is 5.92. The molecule has 1 saturated heterocycles. The first kappa shape index (κ1) is 19.9. The van der Waals surface area contributed by atoms with Crippen LogP contribution < -0.4 is 0 Å². The van der Waals surface area contributed by atoms with Crippen LogP contribution in [0.1, 0.15) is 40.0 Å². The lowest BCUT2D eigenvalue weighted by Crippen LogP contribution is -2.58. The highest BCUT2D eigenvalue weighted by atomic mass is 16.8. The van der Waals surface area contributed by atoms with Gasteiger partial charge in [-0.1, -0.05) is 20.3 Å². The fourth-order valence-electron chi connectivity index (χ4n) is 2.27. The van der Waals surface area contributed by atoms with E-state index in [2.05, 4.69) is 0 Å². The summed E-state index contributed by atoms with van der Waals surface area (Å²) in [5.74, 6) is -1.17. The van der Waals surface area contributed by atoms with E-state index in [-0.39, 0.29) is 6.42 Å². The molecule has 0 aromatic carbocycles. The van der Waals surface area contributed by atoms with Crippen molar-refractivity contribution in [3.05, 3.63) is 0 Å². The van der Waals surface area contributed by atoms with Gasteiger partial charge in [0.15, 0.2) is 13.1 Å². The van der Waals surface area contributed by atoms with E-state index in [0.29, 0.717) is 17.9 Å². The second-order valence-corrected chi connectivity index (χ2v) is 5.27. The minimum atomic E-state index is -1.46. The Kier molecular flexibility index (Phi) is 8.03. The molecule has 0 aromatic rings. The number of imide groups is 1. The van der Waals surface area contributed by atoms with Crippen molar-refractivity contribution in [3.8, 4) is 0 Å². The van der Waals surface area contributed by atoms with Crippen molar-refractivity contribution in [3.63, 3.8) is 0 Å². The van der Waals surface area contributed by atoms with Gasteiger partial charge >= 0.3 is 0 Å². The SMILES string of the molecule is CCCC1OC(O)C(OCON(C(C)=O)C(=O)CC)C(O)C1O. The molecule has 0 aliphatic carbocycles. The second-order valence-electron chi connectivity index (χ2n) is 5.27.